The van der Waals surface area contributed by atoms with Crippen molar-refractivity contribution in [3.8, 4) is 11.1 Å². The molecule has 0 saturated carbocycles. The fourth-order valence-electron chi connectivity index (χ4n) is 4.12. The summed E-state index contributed by atoms with van der Waals surface area (Å²) in [7, 11) is 2.11. The van der Waals surface area contributed by atoms with E-state index >= 15 is 0 Å². The Balaban J connectivity index is 1.76. The first-order valence-electron chi connectivity index (χ1n) is 10.0. The molecule has 0 bridgehead atoms. The van der Waals surface area contributed by atoms with Gasteiger partial charge in [-0.3, -0.25) is 4.57 Å². The van der Waals surface area contributed by atoms with Gasteiger partial charge in [0.15, 0.2) is 0 Å². The van der Waals surface area contributed by atoms with Gasteiger partial charge in [0.25, 0.3) is 0 Å². The lowest BCUT2D eigenvalue weighted by molar-refractivity contribution is 0.689. The number of rotatable bonds is 5. The molecule has 152 valence electrons. The van der Waals surface area contributed by atoms with E-state index in [2.05, 4.69) is 79.5 Å². The van der Waals surface area contributed by atoms with Crippen molar-refractivity contribution in [2.24, 2.45) is 13.0 Å². The van der Waals surface area contributed by atoms with Crippen LogP contribution in [-0.4, -0.2) is 14.1 Å². The molecule has 2 aromatic carbocycles. The van der Waals surface area contributed by atoms with Crippen molar-refractivity contribution in [2.45, 2.75) is 20.3 Å². The van der Waals surface area contributed by atoms with Gasteiger partial charge in [0.2, 0.25) is 0 Å². The van der Waals surface area contributed by atoms with Crippen molar-refractivity contribution < 1.29 is 0 Å². The van der Waals surface area contributed by atoms with Gasteiger partial charge in [0, 0.05) is 41.5 Å². The molecule has 2 heterocycles. The minimum absolute atomic E-state index is 0.0535. The number of fused-ring (bicyclic) bond motifs is 1. The second kappa shape index (κ2) is 7.67. The molecular weight excluding hydrogens is 372 g/mol. The molecule has 0 amide bonds. The lowest BCUT2D eigenvalue weighted by atomic mass is 9.95. The largest absolute Gasteiger partial charge is 0.383 e. The first-order valence-corrected chi connectivity index (χ1v) is 10.0. The van der Waals surface area contributed by atoms with Crippen molar-refractivity contribution in [1.29, 1.82) is 0 Å². The number of benzene rings is 2. The van der Waals surface area contributed by atoms with E-state index in [0.717, 1.165) is 6.42 Å². The third-order valence-electron chi connectivity index (χ3n) is 5.93. The maximum atomic E-state index is 12.2. The van der Waals surface area contributed by atoms with E-state index in [9.17, 15) is 4.79 Å². The molecule has 0 radical (unpaired) electrons. The van der Waals surface area contributed by atoms with Gasteiger partial charge in [-0.15, -0.1) is 0 Å². The zero-order valence-electron chi connectivity index (χ0n) is 17.6. The normalized spacial score (nSPS) is 12.2. The van der Waals surface area contributed by atoms with Gasteiger partial charge >= 0.3 is 5.69 Å². The second-order valence-corrected chi connectivity index (χ2v) is 7.79. The molecule has 4 rings (SSSR count). The van der Waals surface area contributed by atoms with E-state index in [1.54, 1.807) is 12.3 Å². The Morgan fingerprint density at radius 3 is 2.57 bits per heavy atom. The van der Waals surface area contributed by atoms with Gasteiger partial charge in [-0.1, -0.05) is 62.0 Å². The average Bonchev–Trinajstić information content (AvgIpc) is 2.99. The summed E-state index contributed by atoms with van der Waals surface area (Å²) in [6.45, 7) is 8.41. The van der Waals surface area contributed by atoms with E-state index in [0.29, 0.717) is 5.70 Å². The second-order valence-electron chi connectivity index (χ2n) is 7.79. The molecule has 0 saturated heterocycles. The summed E-state index contributed by atoms with van der Waals surface area (Å²) < 4.78 is 3.75. The highest BCUT2D eigenvalue weighted by molar-refractivity contribution is 5.97. The molecule has 0 fully saturated rings. The molecule has 0 aliphatic rings. The van der Waals surface area contributed by atoms with Crippen molar-refractivity contribution in [2.75, 3.05) is 5.73 Å². The number of hydrogen-bond acceptors (Lipinski definition) is 3. The Morgan fingerprint density at radius 2 is 1.87 bits per heavy atom. The fraction of sp³-hybridized carbons (Fsp3) is 0.200. The Kier molecular flexibility index (Phi) is 5.04. The smallest absolute Gasteiger partial charge is 0.353 e. The number of nitrogens with two attached hydrogens (primary N) is 1. The van der Waals surface area contributed by atoms with Gasteiger partial charge < -0.3 is 10.3 Å². The number of nitrogens with zero attached hydrogens (tertiary/aromatic N) is 3. The standard InChI is InChI=1S/C25H26N4O/c1-16(17(2)29-14-13-23(26)27-25(29)30)15-22-18(3)28(4)24-20(11-8-12-21(22)24)19-9-6-5-7-10-19/h5-14,16H,2,15H2,1,3-4H3,(H2,26,27,30). The Hall–Kier alpha value is -3.60. The summed E-state index contributed by atoms with van der Waals surface area (Å²) in [6.07, 6.45) is 2.42. The summed E-state index contributed by atoms with van der Waals surface area (Å²) in [5.41, 5.74) is 12.1. The SMILES string of the molecule is C=C(C(C)Cc1c(C)n(C)c2c(-c3ccccc3)cccc12)n1ccc(N)nc1=O. The molecule has 1 atom stereocenters. The third kappa shape index (κ3) is 3.32. The van der Waals surface area contributed by atoms with Crippen LogP contribution >= 0.6 is 0 Å². The van der Waals surface area contributed by atoms with Gasteiger partial charge in [0.05, 0.1) is 5.52 Å². The predicted octanol–water partition coefficient (Wildman–Crippen LogP) is 4.64. The summed E-state index contributed by atoms with van der Waals surface area (Å²) >= 11 is 0. The Morgan fingerprint density at radius 1 is 1.13 bits per heavy atom. The molecule has 4 aromatic rings. The summed E-state index contributed by atoms with van der Waals surface area (Å²) in [5, 5.41) is 1.23. The molecule has 2 N–H and O–H groups in total. The van der Waals surface area contributed by atoms with E-state index in [-0.39, 0.29) is 11.7 Å². The van der Waals surface area contributed by atoms with Crippen LogP contribution in [0.2, 0.25) is 0 Å². The number of aryl methyl sites for hydroxylation is 1. The van der Waals surface area contributed by atoms with Crippen LogP contribution in [0.3, 0.4) is 0 Å². The zero-order chi connectivity index (χ0) is 21.4. The lowest BCUT2D eigenvalue weighted by Crippen LogP contribution is -2.25. The highest BCUT2D eigenvalue weighted by atomic mass is 16.1. The first kappa shape index (κ1) is 19.7. The quantitative estimate of drug-likeness (QED) is 0.532. The number of anilines is 1. The van der Waals surface area contributed by atoms with Crippen molar-refractivity contribution in [3.05, 3.63) is 89.1 Å². The summed E-state index contributed by atoms with van der Waals surface area (Å²) in [5.74, 6) is 0.271. The van der Waals surface area contributed by atoms with Gasteiger partial charge in [-0.25, -0.2) is 4.79 Å². The minimum atomic E-state index is -0.396. The molecule has 1 unspecified atom stereocenters. The molecule has 30 heavy (non-hydrogen) atoms. The molecule has 0 aliphatic heterocycles. The Labute approximate surface area is 176 Å². The Bertz CT molecular complexity index is 1300. The fourth-order valence-corrected chi connectivity index (χ4v) is 4.12. The van der Waals surface area contributed by atoms with Crippen LogP contribution in [0.1, 0.15) is 18.2 Å². The molecule has 0 spiro atoms. The monoisotopic (exact) mass is 398 g/mol. The lowest BCUT2D eigenvalue weighted by Gasteiger charge is -2.17. The number of allylic oxidation sites excluding steroid dienone is 1. The number of aromatic nitrogens is 3. The van der Waals surface area contributed by atoms with Crippen molar-refractivity contribution in [3.63, 3.8) is 0 Å². The van der Waals surface area contributed by atoms with Crippen LogP contribution < -0.4 is 11.4 Å². The van der Waals surface area contributed by atoms with Crippen LogP contribution in [0.4, 0.5) is 5.82 Å². The third-order valence-corrected chi connectivity index (χ3v) is 5.93. The van der Waals surface area contributed by atoms with Crippen LogP contribution in [0.25, 0.3) is 27.7 Å². The van der Waals surface area contributed by atoms with E-state index in [1.165, 1.54) is 37.9 Å². The van der Waals surface area contributed by atoms with Crippen LogP contribution in [-0.2, 0) is 13.5 Å². The topological polar surface area (TPSA) is 65.8 Å². The van der Waals surface area contributed by atoms with Gasteiger partial charge in [-0.2, -0.15) is 4.98 Å². The summed E-state index contributed by atoms with van der Waals surface area (Å²) in [6, 6.07) is 18.5. The van der Waals surface area contributed by atoms with Crippen molar-refractivity contribution >= 4 is 22.4 Å². The average molecular weight is 399 g/mol. The number of nitrogen functional groups attached to an aromatic ring is 1. The zero-order valence-corrected chi connectivity index (χ0v) is 17.6. The first-order chi connectivity index (χ1) is 14.4. The van der Waals surface area contributed by atoms with Crippen molar-refractivity contribution in [1.82, 2.24) is 14.1 Å². The van der Waals surface area contributed by atoms with E-state index < -0.39 is 5.69 Å². The maximum Gasteiger partial charge on any atom is 0.353 e. The van der Waals surface area contributed by atoms with E-state index in [1.807, 2.05) is 6.07 Å². The highest BCUT2D eigenvalue weighted by Crippen LogP contribution is 2.35. The molecule has 0 aliphatic carbocycles. The van der Waals surface area contributed by atoms with Gasteiger partial charge in [0.1, 0.15) is 5.82 Å². The number of para-hydroxylation sites is 1. The van der Waals surface area contributed by atoms with Crippen LogP contribution in [0, 0.1) is 12.8 Å². The molecule has 5 nitrogen and oxygen atoms in total. The maximum absolute atomic E-state index is 12.2. The molecular formula is C25H26N4O. The minimum Gasteiger partial charge on any atom is -0.383 e. The number of hydrogen-bond donors (Lipinski definition) is 1. The molecule has 2 aromatic heterocycles. The predicted molar refractivity (Wildman–Crippen MR) is 124 cm³/mol. The van der Waals surface area contributed by atoms with Gasteiger partial charge in [-0.05, 0) is 30.5 Å². The van der Waals surface area contributed by atoms with E-state index in [4.69, 9.17) is 5.73 Å². The summed E-state index contributed by atoms with van der Waals surface area (Å²) in [4.78, 5) is 16.1. The highest BCUT2D eigenvalue weighted by Gasteiger charge is 2.19. The van der Waals surface area contributed by atoms with Crippen LogP contribution in [0.15, 0.2) is 72.2 Å². The van der Waals surface area contributed by atoms with Crippen LogP contribution in [0.5, 0.6) is 0 Å². The molecule has 5 heteroatoms.